The number of fused-ring (bicyclic) bond motifs is 4. The molecule has 1 amide bonds. The molecule has 0 saturated carbocycles. The van der Waals surface area contributed by atoms with Crippen LogP contribution in [-0.2, 0) is 11.2 Å². The topological polar surface area (TPSA) is 54.6 Å². The van der Waals surface area contributed by atoms with E-state index in [0.717, 1.165) is 39.6 Å². The number of carbonyl (C=O) groups is 1. The van der Waals surface area contributed by atoms with Crippen molar-refractivity contribution in [1.29, 1.82) is 0 Å². The van der Waals surface area contributed by atoms with E-state index in [0.29, 0.717) is 6.54 Å². The van der Waals surface area contributed by atoms with Crippen molar-refractivity contribution >= 4 is 34.2 Å². The summed E-state index contributed by atoms with van der Waals surface area (Å²) in [6.07, 6.45) is 4.39. The van der Waals surface area contributed by atoms with Crippen molar-refractivity contribution in [1.82, 2.24) is 9.88 Å². The first kappa shape index (κ1) is 18.3. The van der Waals surface area contributed by atoms with Gasteiger partial charge in [0.25, 0.3) is 0 Å². The lowest BCUT2D eigenvalue weighted by Crippen LogP contribution is -2.39. The molecule has 31 heavy (non-hydrogen) atoms. The molecule has 0 saturated heterocycles. The lowest BCUT2D eigenvalue weighted by Gasteiger charge is -2.35. The predicted octanol–water partition coefficient (Wildman–Crippen LogP) is 5.15. The molecule has 1 N–H and O–H groups in total. The molecule has 2 aromatic carbocycles. The summed E-state index contributed by atoms with van der Waals surface area (Å²) in [5.74, 6) is 1.47. The number of para-hydroxylation sites is 1. The fourth-order valence-electron chi connectivity index (χ4n) is 4.54. The third-order valence-corrected chi connectivity index (χ3v) is 6.80. The van der Waals surface area contributed by atoms with Gasteiger partial charge in [-0.1, -0.05) is 30.3 Å². The summed E-state index contributed by atoms with van der Waals surface area (Å²) in [4.78, 5) is 19.9. The standard InChI is InChI=1S/C25H20N2O3S/c28-23(10-8-17-4-3-13-31-17)27-12-11-19-18-5-1-2-6-20(18)26-24(19)25(27)16-7-9-21-22(14-16)30-15-29-21/h1-10,13-14,25-26H,11-12,15H2/b10-8+/t25-/m1/s1. The van der Waals surface area contributed by atoms with E-state index < -0.39 is 0 Å². The van der Waals surface area contributed by atoms with Crippen molar-refractivity contribution in [3.63, 3.8) is 0 Å². The molecule has 0 aliphatic carbocycles. The van der Waals surface area contributed by atoms with E-state index in [1.54, 1.807) is 17.4 Å². The Morgan fingerprint density at radius 2 is 2.00 bits per heavy atom. The van der Waals surface area contributed by atoms with Crippen LogP contribution in [0.4, 0.5) is 0 Å². The lowest BCUT2D eigenvalue weighted by atomic mass is 9.92. The van der Waals surface area contributed by atoms with Gasteiger partial charge in [-0.15, -0.1) is 11.3 Å². The molecule has 154 valence electrons. The Morgan fingerprint density at radius 3 is 2.90 bits per heavy atom. The van der Waals surface area contributed by atoms with E-state index in [1.165, 1.54) is 10.9 Å². The number of hydrogen-bond acceptors (Lipinski definition) is 4. The highest BCUT2D eigenvalue weighted by Crippen LogP contribution is 2.42. The molecule has 0 bridgehead atoms. The zero-order chi connectivity index (χ0) is 20.8. The third kappa shape index (κ3) is 3.11. The molecule has 2 aliphatic rings. The van der Waals surface area contributed by atoms with Crippen LogP contribution in [-0.4, -0.2) is 29.1 Å². The van der Waals surface area contributed by atoms with Crippen LogP contribution in [0.5, 0.6) is 11.5 Å². The Morgan fingerprint density at radius 1 is 1.10 bits per heavy atom. The molecule has 4 aromatic rings. The Bertz CT molecular complexity index is 1310. The van der Waals surface area contributed by atoms with E-state index in [9.17, 15) is 4.79 Å². The summed E-state index contributed by atoms with van der Waals surface area (Å²) < 4.78 is 11.1. The molecule has 0 unspecified atom stereocenters. The Hall–Kier alpha value is -3.51. The van der Waals surface area contributed by atoms with Gasteiger partial charge in [-0.25, -0.2) is 0 Å². The molecule has 0 fully saturated rings. The van der Waals surface area contributed by atoms with Gasteiger partial charge in [-0.3, -0.25) is 4.79 Å². The summed E-state index contributed by atoms with van der Waals surface area (Å²) in [5.41, 5.74) is 4.46. The van der Waals surface area contributed by atoms with Crippen molar-refractivity contribution in [3.05, 3.63) is 87.8 Å². The molecule has 2 aromatic heterocycles. The monoisotopic (exact) mass is 428 g/mol. The van der Waals surface area contributed by atoms with Crippen LogP contribution >= 0.6 is 11.3 Å². The van der Waals surface area contributed by atoms with Crippen molar-refractivity contribution in [2.24, 2.45) is 0 Å². The molecule has 5 nitrogen and oxygen atoms in total. The highest BCUT2D eigenvalue weighted by molar-refractivity contribution is 7.10. The number of amides is 1. The van der Waals surface area contributed by atoms with Gasteiger partial charge in [0.1, 0.15) is 0 Å². The first-order chi connectivity index (χ1) is 15.3. The summed E-state index contributed by atoms with van der Waals surface area (Å²) in [7, 11) is 0. The molecular formula is C25H20N2O3S. The van der Waals surface area contributed by atoms with Crippen LogP contribution in [0.15, 0.2) is 66.1 Å². The average Bonchev–Trinajstić information content (AvgIpc) is 3.55. The second-order valence-electron chi connectivity index (χ2n) is 7.71. The van der Waals surface area contributed by atoms with Gasteiger partial charge >= 0.3 is 0 Å². The normalized spacial score (nSPS) is 17.4. The molecule has 6 heteroatoms. The fourth-order valence-corrected chi connectivity index (χ4v) is 5.16. The number of ether oxygens (including phenoxy) is 2. The maximum Gasteiger partial charge on any atom is 0.247 e. The van der Waals surface area contributed by atoms with Crippen LogP contribution in [0.1, 0.15) is 27.7 Å². The van der Waals surface area contributed by atoms with Gasteiger partial charge in [0, 0.05) is 34.1 Å². The fraction of sp³-hybridized carbons (Fsp3) is 0.160. The first-order valence-electron chi connectivity index (χ1n) is 10.3. The second kappa shape index (κ2) is 7.32. The number of rotatable bonds is 3. The number of H-pyrrole nitrogens is 1. The maximum absolute atomic E-state index is 13.3. The number of nitrogens with one attached hydrogen (secondary N) is 1. The number of thiophene rings is 1. The average molecular weight is 429 g/mol. The number of benzene rings is 2. The summed E-state index contributed by atoms with van der Waals surface area (Å²) >= 11 is 1.62. The number of aromatic amines is 1. The minimum absolute atomic E-state index is 0.000345. The Labute approximate surface area is 183 Å². The highest BCUT2D eigenvalue weighted by atomic mass is 32.1. The summed E-state index contributed by atoms with van der Waals surface area (Å²) in [6.45, 7) is 0.884. The number of aromatic nitrogens is 1. The van der Waals surface area contributed by atoms with Crippen LogP contribution in [0, 0.1) is 0 Å². The van der Waals surface area contributed by atoms with Crippen LogP contribution in [0.2, 0.25) is 0 Å². The predicted molar refractivity (Wildman–Crippen MR) is 121 cm³/mol. The number of carbonyl (C=O) groups excluding carboxylic acids is 1. The SMILES string of the molecule is O=C(/C=C/c1cccs1)N1CCc2c([nH]c3ccccc23)[C@H]1c1ccc2c(c1)OCO2. The maximum atomic E-state index is 13.3. The van der Waals surface area contributed by atoms with E-state index in [2.05, 4.69) is 23.2 Å². The number of nitrogens with zero attached hydrogens (tertiary/aromatic N) is 1. The van der Waals surface area contributed by atoms with E-state index >= 15 is 0 Å². The summed E-state index contributed by atoms with van der Waals surface area (Å²) in [6, 6.07) is 18.1. The van der Waals surface area contributed by atoms with Crippen molar-refractivity contribution in [3.8, 4) is 11.5 Å². The third-order valence-electron chi connectivity index (χ3n) is 5.96. The number of hydrogen-bond donors (Lipinski definition) is 1. The Kier molecular flexibility index (Phi) is 4.32. The second-order valence-corrected chi connectivity index (χ2v) is 8.69. The minimum Gasteiger partial charge on any atom is -0.454 e. The summed E-state index contributed by atoms with van der Waals surface area (Å²) in [5, 5.41) is 3.24. The van der Waals surface area contributed by atoms with Crippen molar-refractivity contribution < 1.29 is 14.3 Å². The van der Waals surface area contributed by atoms with Gasteiger partial charge in [0.2, 0.25) is 12.7 Å². The van der Waals surface area contributed by atoms with E-state index in [4.69, 9.17) is 9.47 Å². The van der Waals surface area contributed by atoms with E-state index in [-0.39, 0.29) is 18.7 Å². The molecule has 4 heterocycles. The quantitative estimate of drug-likeness (QED) is 0.460. The molecule has 2 aliphatic heterocycles. The minimum atomic E-state index is -0.217. The molecule has 0 spiro atoms. The zero-order valence-electron chi connectivity index (χ0n) is 16.7. The van der Waals surface area contributed by atoms with Crippen LogP contribution in [0.3, 0.4) is 0 Å². The van der Waals surface area contributed by atoms with Gasteiger partial charge in [-0.05, 0) is 53.3 Å². The highest BCUT2D eigenvalue weighted by Gasteiger charge is 2.34. The van der Waals surface area contributed by atoms with Gasteiger partial charge in [-0.2, -0.15) is 0 Å². The van der Waals surface area contributed by atoms with Gasteiger partial charge in [0.15, 0.2) is 11.5 Å². The lowest BCUT2D eigenvalue weighted by molar-refractivity contribution is -0.128. The largest absolute Gasteiger partial charge is 0.454 e. The van der Waals surface area contributed by atoms with Crippen molar-refractivity contribution in [2.75, 3.05) is 13.3 Å². The molecular weight excluding hydrogens is 408 g/mol. The molecule has 0 radical (unpaired) electrons. The van der Waals surface area contributed by atoms with Crippen molar-refractivity contribution in [2.45, 2.75) is 12.5 Å². The van der Waals surface area contributed by atoms with Crippen LogP contribution in [0.25, 0.3) is 17.0 Å². The Balaban J connectivity index is 1.45. The molecule has 1 atom stereocenters. The van der Waals surface area contributed by atoms with Crippen LogP contribution < -0.4 is 9.47 Å². The first-order valence-corrected chi connectivity index (χ1v) is 11.2. The van der Waals surface area contributed by atoms with Gasteiger partial charge in [0.05, 0.1) is 6.04 Å². The molecule has 6 rings (SSSR count). The van der Waals surface area contributed by atoms with E-state index in [1.807, 2.05) is 52.8 Å². The van der Waals surface area contributed by atoms with Gasteiger partial charge < -0.3 is 19.4 Å². The smallest absolute Gasteiger partial charge is 0.247 e. The zero-order valence-corrected chi connectivity index (χ0v) is 17.5.